The Kier molecular flexibility index (Phi) is 4.87. The summed E-state index contributed by atoms with van der Waals surface area (Å²) in [6.45, 7) is 0. The molecular formula is C23H14FN3O2. The highest BCUT2D eigenvalue weighted by Gasteiger charge is 2.13. The molecule has 0 bridgehead atoms. The van der Waals surface area contributed by atoms with E-state index < -0.39 is 11.7 Å². The van der Waals surface area contributed by atoms with Crippen molar-refractivity contribution in [2.24, 2.45) is 0 Å². The Morgan fingerprint density at radius 1 is 1.07 bits per heavy atom. The maximum atomic E-state index is 13.0. The molecule has 0 unspecified atom stereocenters. The fourth-order valence-corrected chi connectivity index (χ4v) is 2.89. The van der Waals surface area contributed by atoms with Gasteiger partial charge in [0.25, 0.3) is 5.91 Å². The Bertz CT molecular complexity index is 1250. The summed E-state index contributed by atoms with van der Waals surface area (Å²) in [6.07, 6.45) is 1.49. The van der Waals surface area contributed by atoms with Crippen molar-refractivity contribution < 1.29 is 13.7 Å². The summed E-state index contributed by atoms with van der Waals surface area (Å²) in [5.41, 5.74) is 2.54. The van der Waals surface area contributed by atoms with Crippen LogP contribution in [0.4, 0.5) is 10.1 Å². The third kappa shape index (κ3) is 3.89. The van der Waals surface area contributed by atoms with E-state index in [-0.39, 0.29) is 5.57 Å². The molecule has 140 valence electrons. The smallest absolute Gasteiger partial charge is 0.266 e. The molecule has 1 N–H and O–H groups in total. The molecule has 0 aliphatic rings. The molecule has 1 amide bonds. The van der Waals surface area contributed by atoms with E-state index in [1.54, 1.807) is 12.1 Å². The average molecular weight is 383 g/mol. The number of anilines is 1. The van der Waals surface area contributed by atoms with Crippen molar-refractivity contribution in [3.8, 4) is 17.4 Å². The van der Waals surface area contributed by atoms with Crippen molar-refractivity contribution in [1.29, 1.82) is 5.26 Å². The number of carbonyl (C=O) groups excluding carboxylic acids is 1. The van der Waals surface area contributed by atoms with Crippen molar-refractivity contribution >= 4 is 28.6 Å². The first-order chi connectivity index (χ1) is 14.1. The number of aromatic nitrogens is 1. The van der Waals surface area contributed by atoms with Gasteiger partial charge < -0.3 is 9.84 Å². The molecule has 0 saturated carbocycles. The minimum atomic E-state index is -0.576. The molecule has 0 fully saturated rings. The van der Waals surface area contributed by atoms with Crippen molar-refractivity contribution in [2.45, 2.75) is 0 Å². The van der Waals surface area contributed by atoms with E-state index in [0.717, 1.165) is 10.9 Å². The summed E-state index contributed by atoms with van der Waals surface area (Å²) in [4.78, 5) is 12.4. The van der Waals surface area contributed by atoms with Gasteiger partial charge in [0.2, 0.25) is 0 Å². The van der Waals surface area contributed by atoms with Gasteiger partial charge in [0, 0.05) is 11.3 Å². The Morgan fingerprint density at radius 2 is 1.83 bits per heavy atom. The van der Waals surface area contributed by atoms with Gasteiger partial charge in [-0.3, -0.25) is 4.79 Å². The van der Waals surface area contributed by atoms with Gasteiger partial charge in [-0.2, -0.15) is 5.26 Å². The first-order valence-corrected chi connectivity index (χ1v) is 8.77. The largest absolute Gasteiger partial charge is 0.355 e. The Hall–Kier alpha value is -4.24. The Labute approximate surface area is 165 Å². The van der Waals surface area contributed by atoms with Crippen LogP contribution >= 0.6 is 0 Å². The van der Waals surface area contributed by atoms with Gasteiger partial charge in [0.15, 0.2) is 5.76 Å². The van der Waals surface area contributed by atoms with Crippen LogP contribution in [-0.2, 0) is 4.79 Å². The second-order valence-electron chi connectivity index (χ2n) is 6.29. The molecule has 0 atom stereocenters. The van der Waals surface area contributed by atoms with Crippen molar-refractivity contribution in [1.82, 2.24) is 5.16 Å². The van der Waals surface area contributed by atoms with Gasteiger partial charge in [-0.25, -0.2) is 4.39 Å². The van der Waals surface area contributed by atoms with Crippen LogP contribution in [0.1, 0.15) is 5.56 Å². The standard InChI is InChI=1S/C23H14FN3O2/c24-18-7-9-19(10-8-18)26-23(28)17(14-25)12-15-6-11-21-20(13-15)22(29-27-21)16-4-2-1-3-5-16/h1-13H,(H,26,28)/b17-12+. The van der Waals surface area contributed by atoms with Crippen LogP contribution in [0.3, 0.4) is 0 Å². The second kappa shape index (κ2) is 7.79. The Balaban J connectivity index is 1.66. The van der Waals surface area contributed by atoms with Gasteiger partial charge in [-0.05, 0) is 48.0 Å². The van der Waals surface area contributed by atoms with Gasteiger partial charge in [0.1, 0.15) is 23.0 Å². The molecule has 6 heteroatoms. The highest BCUT2D eigenvalue weighted by Crippen LogP contribution is 2.29. The number of fused-ring (bicyclic) bond motifs is 1. The second-order valence-corrected chi connectivity index (χ2v) is 6.29. The first-order valence-electron chi connectivity index (χ1n) is 8.77. The molecule has 0 aliphatic heterocycles. The van der Waals surface area contributed by atoms with E-state index in [1.807, 2.05) is 42.5 Å². The number of halogens is 1. The molecule has 0 saturated heterocycles. The lowest BCUT2D eigenvalue weighted by Gasteiger charge is -2.04. The fraction of sp³-hybridized carbons (Fsp3) is 0. The monoisotopic (exact) mass is 383 g/mol. The summed E-state index contributed by atoms with van der Waals surface area (Å²) in [6, 6.07) is 22.1. The molecule has 29 heavy (non-hydrogen) atoms. The topological polar surface area (TPSA) is 78.9 Å². The zero-order valence-electron chi connectivity index (χ0n) is 15.1. The summed E-state index contributed by atoms with van der Waals surface area (Å²) in [5.74, 6) is -0.367. The molecule has 4 aromatic rings. The fourth-order valence-electron chi connectivity index (χ4n) is 2.89. The first kappa shape index (κ1) is 18.1. The van der Waals surface area contributed by atoms with Crippen LogP contribution in [-0.4, -0.2) is 11.1 Å². The number of nitrogens with one attached hydrogen (secondary N) is 1. The highest BCUT2D eigenvalue weighted by atomic mass is 19.1. The van der Waals surface area contributed by atoms with E-state index in [1.165, 1.54) is 30.3 Å². The van der Waals surface area contributed by atoms with Crippen LogP contribution < -0.4 is 5.32 Å². The quantitative estimate of drug-likeness (QED) is 0.389. The molecule has 3 aromatic carbocycles. The third-order valence-corrected chi connectivity index (χ3v) is 4.31. The summed E-state index contributed by atoms with van der Waals surface area (Å²) < 4.78 is 18.5. The lowest BCUT2D eigenvalue weighted by molar-refractivity contribution is -0.112. The molecule has 4 rings (SSSR count). The zero-order valence-corrected chi connectivity index (χ0v) is 15.1. The average Bonchev–Trinajstić information content (AvgIpc) is 3.17. The van der Waals surface area contributed by atoms with Crippen LogP contribution in [0.15, 0.2) is 82.9 Å². The number of carbonyl (C=O) groups is 1. The minimum absolute atomic E-state index is 0.0774. The number of hydrogen-bond donors (Lipinski definition) is 1. The lowest BCUT2D eigenvalue weighted by atomic mass is 10.0. The summed E-state index contributed by atoms with van der Waals surface area (Å²) in [7, 11) is 0. The predicted molar refractivity (Wildman–Crippen MR) is 108 cm³/mol. The SMILES string of the molecule is N#C/C(=C\c1ccc2noc(-c3ccccc3)c2c1)C(=O)Nc1ccc(F)cc1. The molecular weight excluding hydrogens is 369 g/mol. The van der Waals surface area contributed by atoms with Crippen LogP contribution in [0.25, 0.3) is 28.3 Å². The van der Waals surface area contributed by atoms with Gasteiger partial charge in [-0.15, -0.1) is 0 Å². The van der Waals surface area contributed by atoms with E-state index in [0.29, 0.717) is 22.5 Å². The lowest BCUT2D eigenvalue weighted by Crippen LogP contribution is -2.13. The van der Waals surface area contributed by atoms with Crippen LogP contribution in [0.5, 0.6) is 0 Å². The number of rotatable bonds is 4. The zero-order chi connectivity index (χ0) is 20.2. The van der Waals surface area contributed by atoms with Gasteiger partial charge in [0.05, 0.1) is 5.39 Å². The normalized spacial score (nSPS) is 11.2. The molecule has 1 heterocycles. The van der Waals surface area contributed by atoms with Crippen molar-refractivity contribution in [3.05, 3.63) is 89.8 Å². The van der Waals surface area contributed by atoms with Crippen LogP contribution in [0.2, 0.25) is 0 Å². The summed E-state index contributed by atoms with van der Waals surface area (Å²) >= 11 is 0. The maximum absolute atomic E-state index is 13.0. The van der Waals surface area contributed by atoms with Crippen LogP contribution in [0, 0.1) is 17.1 Å². The van der Waals surface area contributed by atoms with E-state index >= 15 is 0 Å². The number of benzene rings is 3. The molecule has 5 nitrogen and oxygen atoms in total. The summed E-state index contributed by atoms with van der Waals surface area (Å²) in [5, 5.41) is 16.8. The number of hydrogen-bond acceptors (Lipinski definition) is 4. The van der Waals surface area contributed by atoms with E-state index in [2.05, 4.69) is 10.5 Å². The van der Waals surface area contributed by atoms with Crippen molar-refractivity contribution in [2.75, 3.05) is 5.32 Å². The molecule has 0 radical (unpaired) electrons. The van der Waals surface area contributed by atoms with Gasteiger partial charge in [-0.1, -0.05) is 41.6 Å². The van der Waals surface area contributed by atoms with E-state index in [4.69, 9.17) is 4.52 Å². The maximum Gasteiger partial charge on any atom is 0.266 e. The number of nitriles is 1. The Morgan fingerprint density at radius 3 is 2.55 bits per heavy atom. The highest BCUT2D eigenvalue weighted by molar-refractivity contribution is 6.10. The number of nitrogens with zero attached hydrogens (tertiary/aromatic N) is 2. The molecule has 0 spiro atoms. The van der Waals surface area contributed by atoms with Crippen molar-refractivity contribution in [3.63, 3.8) is 0 Å². The molecule has 0 aliphatic carbocycles. The van der Waals surface area contributed by atoms with E-state index in [9.17, 15) is 14.4 Å². The van der Waals surface area contributed by atoms with Gasteiger partial charge >= 0.3 is 0 Å². The third-order valence-electron chi connectivity index (χ3n) is 4.31. The minimum Gasteiger partial charge on any atom is -0.355 e. The molecule has 1 aromatic heterocycles. The number of amides is 1. The predicted octanol–water partition coefficient (Wildman–Crippen LogP) is 5.18.